The van der Waals surface area contributed by atoms with Crippen LogP contribution >= 0.6 is 0 Å². The summed E-state index contributed by atoms with van der Waals surface area (Å²) in [6, 6.07) is 0.598. The van der Waals surface area contributed by atoms with Crippen LogP contribution in [-0.2, 0) is 4.79 Å². The molecule has 2 rings (SSSR count). The maximum Gasteiger partial charge on any atom is 0.237 e. The molecule has 0 aromatic heterocycles. The maximum absolute atomic E-state index is 12.4. The SMILES string of the molecule is CC(C(=O)NC1CCCCC1)N1CCNCC1CN. The number of nitrogens with one attached hydrogen (secondary N) is 2. The van der Waals surface area contributed by atoms with Crippen LogP contribution in [0, 0.1) is 0 Å². The summed E-state index contributed by atoms with van der Waals surface area (Å²) in [5.41, 5.74) is 5.80. The van der Waals surface area contributed by atoms with Gasteiger partial charge in [-0.25, -0.2) is 0 Å². The van der Waals surface area contributed by atoms with Crippen LogP contribution in [-0.4, -0.2) is 55.1 Å². The Bertz CT molecular complexity index is 291. The molecule has 1 saturated heterocycles. The average Bonchev–Trinajstić information content (AvgIpc) is 2.47. The Morgan fingerprint density at radius 3 is 2.84 bits per heavy atom. The topological polar surface area (TPSA) is 70.4 Å². The Hall–Kier alpha value is -0.650. The van der Waals surface area contributed by atoms with E-state index in [4.69, 9.17) is 5.73 Å². The van der Waals surface area contributed by atoms with E-state index in [-0.39, 0.29) is 18.0 Å². The molecule has 0 radical (unpaired) electrons. The minimum absolute atomic E-state index is 0.0717. The summed E-state index contributed by atoms with van der Waals surface area (Å²) in [6.07, 6.45) is 6.09. The molecule has 0 aromatic rings. The summed E-state index contributed by atoms with van der Waals surface area (Å²) in [5.74, 6) is 0.173. The van der Waals surface area contributed by atoms with E-state index in [1.54, 1.807) is 0 Å². The van der Waals surface area contributed by atoms with Crippen molar-refractivity contribution >= 4 is 5.91 Å². The lowest BCUT2D eigenvalue weighted by Gasteiger charge is -2.39. The number of hydrogen-bond acceptors (Lipinski definition) is 4. The van der Waals surface area contributed by atoms with Gasteiger partial charge >= 0.3 is 0 Å². The Morgan fingerprint density at radius 2 is 2.16 bits per heavy atom. The largest absolute Gasteiger partial charge is 0.352 e. The molecule has 2 fully saturated rings. The zero-order valence-corrected chi connectivity index (χ0v) is 12.0. The lowest BCUT2D eigenvalue weighted by atomic mass is 9.95. The summed E-state index contributed by atoms with van der Waals surface area (Å²) < 4.78 is 0. The average molecular weight is 268 g/mol. The van der Waals surface area contributed by atoms with Gasteiger partial charge < -0.3 is 16.4 Å². The second kappa shape index (κ2) is 7.22. The van der Waals surface area contributed by atoms with E-state index in [0.717, 1.165) is 32.5 Å². The lowest BCUT2D eigenvalue weighted by Crippen LogP contribution is -2.60. The van der Waals surface area contributed by atoms with E-state index in [9.17, 15) is 4.79 Å². The third-order valence-electron chi connectivity index (χ3n) is 4.50. The van der Waals surface area contributed by atoms with Gasteiger partial charge in [0.1, 0.15) is 0 Å². The van der Waals surface area contributed by atoms with Gasteiger partial charge in [0.25, 0.3) is 0 Å². The standard InChI is InChI=1S/C14H28N4O/c1-11(18-8-7-16-10-13(18)9-15)14(19)17-12-5-3-2-4-6-12/h11-13,16H,2-10,15H2,1H3,(H,17,19). The number of rotatable bonds is 4. The summed E-state index contributed by atoms with van der Waals surface area (Å²) in [4.78, 5) is 14.6. The fourth-order valence-electron chi connectivity index (χ4n) is 3.22. The van der Waals surface area contributed by atoms with Crippen LogP contribution in [0.15, 0.2) is 0 Å². The van der Waals surface area contributed by atoms with Crippen LogP contribution in [0.3, 0.4) is 0 Å². The van der Waals surface area contributed by atoms with Gasteiger partial charge in [-0.15, -0.1) is 0 Å². The molecule has 0 spiro atoms. The number of piperazine rings is 1. The van der Waals surface area contributed by atoms with Crippen molar-refractivity contribution in [2.24, 2.45) is 5.73 Å². The Labute approximate surface area is 116 Å². The van der Waals surface area contributed by atoms with Gasteiger partial charge in [-0.1, -0.05) is 19.3 Å². The summed E-state index contributed by atoms with van der Waals surface area (Å²) in [7, 11) is 0. The van der Waals surface area contributed by atoms with Gasteiger partial charge in [0, 0.05) is 38.3 Å². The van der Waals surface area contributed by atoms with E-state index in [1.165, 1.54) is 19.3 Å². The highest BCUT2D eigenvalue weighted by Crippen LogP contribution is 2.18. The maximum atomic E-state index is 12.4. The monoisotopic (exact) mass is 268 g/mol. The predicted molar refractivity (Wildman–Crippen MR) is 76.9 cm³/mol. The predicted octanol–water partition coefficient (Wildman–Crippen LogP) is 0.0563. The van der Waals surface area contributed by atoms with E-state index in [1.807, 2.05) is 6.92 Å². The van der Waals surface area contributed by atoms with Gasteiger partial charge in [-0.05, 0) is 19.8 Å². The van der Waals surface area contributed by atoms with Crippen molar-refractivity contribution in [1.29, 1.82) is 0 Å². The van der Waals surface area contributed by atoms with Crippen molar-refractivity contribution in [2.75, 3.05) is 26.2 Å². The first kappa shape index (κ1) is 14.8. The molecule has 1 saturated carbocycles. The Balaban J connectivity index is 1.86. The molecule has 2 unspecified atom stereocenters. The van der Waals surface area contributed by atoms with Gasteiger partial charge in [0.2, 0.25) is 5.91 Å². The smallest absolute Gasteiger partial charge is 0.237 e. The van der Waals surface area contributed by atoms with Crippen LogP contribution in [0.4, 0.5) is 0 Å². The normalized spacial score (nSPS) is 28.0. The third kappa shape index (κ3) is 3.91. The van der Waals surface area contributed by atoms with Crippen molar-refractivity contribution < 1.29 is 4.79 Å². The minimum Gasteiger partial charge on any atom is -0.352 e. The van der Waals surface area contributed by atoms with E-state index in [0.29, 0.717) is 12.6 Å². The molecule has 110 valence electrons. The summed E-state index contributed by atoms with van der Waals surface area (Å²) in [6.45, 7) is 5.34. The van der Waals surface area contributed by atoms with E-state index < -0.39 is 0 Å². The van der Waals surface area contributed by atoms with Crippen LogP contribution in [0.2, 0.25) is 0 Å². The van der Waals surface area contributed by atoms with E-state index in [2.05, 4.69) is 15.5 Å². The molecule has 5 nitrogen and oxygen atoms in total. The molecule has 1 aliphatic carbocycles. The first-order valence-electron chi connectivity index (χ1n) is 7.69. The molecule has 1 aliphatic heterocycles. The third-order valence-corrected chi connectivity index (χ3v) is 4.50. The molecule has 19 heavy (non-hydrogen) atoms. The zero-order chi connectivity index (χ0) is 13.7. The molecule has 1 heterocycles. The molecule has 2 atom stereocenters. The van der Waals surface area contributed by atoms with Gasteiger partial charge in [0.15, 0.2) is 0 Å². The van der Waals surface area contributed by atoms with Crippen molar-refractivity contribution in [3.63, 3.8) is 0 Å². The van der Waals surface area contributed by atoms with Crippen molar-refractivity contribution in [1.82, 2.24) is 15.5 Å². The number of hydrogen-bond donors (Lipinski definition) is 3. The highest BCUT2D eigenvalue weighted by Gasteiger charge is 2.30. The second-order valence-electron chi connectivity index (χ2n) is 5.85. The molecule has 0 aromatic carbocycles. The highest BCUT2D eigenvalue weighted by molar-refractivity contribution is 5.81. The number of amides is 1. The van der Waals surface area contributed by atoms with Gasteiger partial charge in [0.05, 0.1) is 6.04 Å². The van der Waals surface area contributed by atoms with Crippen molar-refractivity contribution in [3.05, 3.63) is 0 Å². The molecule has 2 aliphatic rings. The van der Waals surface area contributed by atoms with Crippen LogP contribution < -0.4 is 16.4 Å². The van der Waals surface area contributed by atoms with Crippen molar-refractivity contribution in [2.45, 2.75) is 57.2 Å². The molecule has 1 amide bonds. The summed E-state index contributed by atoms with van der Waals surface area (Å²) in [5, 5.41) is 6.56. The van der Waals surface area contributed by atoms with Gasteiger partial charge in [-0.3, -0.25) is 9.69 Å². The van der Waals surface area contributed by atoms with Gasteiger partial charge in [-0.2, -0.15) is 0 Å². The minimum atomic E-state index is -0.0717. The number of carbonyl (C=O) groups is 1. The lowest BCUT2D eigenvalue weighted by molar-refractivity contribution is -0.128. The first-order valence-corrected chi connectivity index (χ1v) is 7.69. The zero-order valence-electron chi connectivity index (χ0n) is 12.0. The fourth-order valence-corrected chi connectivity index (χ4v) is 3.22. The fraction of sp³-hybridized carbons (Fsp3) is 0.929. The number of nitrogens with zero attached hydrogens (tertiary/aromatic N) is 1. The molecular formula is C14H28N4O. The first-order chi connectivity index (χ1) is 9.22. The molecule has 5 heteroatoms. The van der Waals surface area contributed by atoms with Crippen LogP contribution in [0.5, 0.6) is 0 Å². The molecular weight excluding hydrogens is 240 g/mol. The van der Waals surface area contributed by atoms with Crippen LogP contribution in [0.1, 0.15) is 39.0 Å². The number of carbonyl (C=O) groups excluding carboxylic acids is 1. The van der Waals surface area contributed by atoms with Crippen molar-refractivity contribution in [3.8, 4) is 0 Å². The molecule has 4 N–H and O–H groups in total. The Kier molecular flexibility index (Phi) is 5.60. The molecule has 0 bridgehead atoms. The number of nitrogens with two attached hydrogens (primary N) is 1. The highest BCUT2D eigenvalue weighted by atomic mass is 16.2. The summed E-state index contributed by atoms with van der Waals surface area (Å²) >= 11 is 0. The quantitative estimate of drug-likeness (QED) is 0.674. The Morgan fingerprint density at radius 1 is 1.42 bits per heavy atom. The second-order valence-corrected chi connectivity index (χ2v) is 5.85. The van der Waals surface area contributed by atoms with E-state index >= 15 is 0 Å². The van der Waals surface area contributed by atoms with Crippen LogP contribution in [0.25, 0.3) is 0 Å².